The largest absolute Gasteiger partial charge is 0.330 e. The lowest BCUT2D eigenvalue weighted by atomic mass is 9.85. The van der Waals surface area contributed by atoms with Crippen molar-refractivity contribution in [2.24, 2.45) is 11.7 Å². The van der Waals surface area contributed by atoms with Gasteiger partial charge in [-0.2, -0.15) is 5.26 Å². The van der Waals surface area contributed by atoms with Crippen LogP contribution < -0.4 is 10.5 Å². The van der Waals surface area contributed by atoms with E-state index in [4.69, 9.17) is 22.6 Å². The fourth-order valence-electron chi connectivity index (χ4n) is 2.67. The predicted molar refractivity (Wildman–Crippen MR) is 81.3 cm³/mol. The number of nitrogens with zero attached hydrogens (tertiary/aromatic N) is 1. The molecule has 2 rings (SSSR count). The van der Waals surface area contributed by atoms with E-state index in [9.17, 15) is 8.42 Å². The van der Waals surface area contributed by atoms with Crippen molar-refractivity contribution in [2.75, 3.05) is 6.54 Å². The Labute approximate surface area is 130 Å². The second-order valence-corrected chi connectivity index (χ2v) is 7.38. The topological polar surface area (TPSA) is 96.0 Å². The molecule has 0 saturated heterocycles. The second kappa shape index (κ2) is 6.75. The Morgan fingerprint density at radius 2 is 2.10 bits per heavy atom. The van der Waals surface area contributed by atoms with Crippen LogP contribution in [0.5, 0.6) is 0 Å². The Kier molecular flexibility index (Phi) is 5.22. The molecule has 0 bridgehead atoms. The Morgan fingerprint density at radius 3 is 2.76 bits per heavy atom. The lowest BCUT2D eigenvalue weighted by Crippen LogP contribution is -2.44. The van der Waals surface area contributed by atoms with Crippen molar-refractivity contribution in [3.05, 3.63) is 28.8 Å². The normalized spacial score (nSPS) is 22.7. The first-order valence-electron chi connectivity index (χ1n) is 6.90. The summed E-state index contributed by atoms with van der Waals surface area (Å²) < 4.78 is 27.6. The molecule has 0 aromatic heterocycles. The summed E-state index contributed by atoms with van der Waals surface area (Å²) in [6.07, 6.45) is 3.81. The zero-order valence-electron chi connectivity index (χ0n) is 11.5. The van der Waals surface area contributed by atoms with E-state index < -0.39 is 10.0 Å². The van der Waals surface area contributed by atoms with Gasteiger partial charge in [-0.15, -0.1) is 0 Å². The molecule has 1 aliphatic rings. The first-order chi connectivity index (χ1) is 9.97. The molecule has 7 heteroatoms. The Bertz CT molecular complexity index is 655. The number of hydrogen-bond acceptors (Lipinski definition) is 4. The van der Waals surface area contributed by atoms with Crippen molar-refractivity contribution in [1.82, 2.24) is 4.72 Å². The SMILES string of the molecule is N#Cc1cc(S(=O)(=O)NC2CCCCC2CN)ccc1Cl. The van der Waals surface area contributed by atoms with Gasteiger partial charge in [0.25, 0.3) is 0 Å². The highest BCUT2D eigenvalue weighted by Crippen LogP contribution is 2.26. The Hall–Kier alpha value is -1.13. The van der Waals surface area contributed by atoms with Gasteiger partial charge in [-0.05, 0) is 43.5 Å². The Balaban J connectivity index is 2.24. The van der Waals surface area contributed by atoms with Crippen LogP contribution in [-0.2, 0) is 10.0 Å². The number of nitrogens with two attached hydrogens (primary N) is 1. The van der Waals surface area contributed by atoms with Crippen LogP contribution in [0.2, 0.25) is 5.02 Å². The molecule has 2 unspecified atom stereocenters. The molecule has 1 saturated carbocycles. The first-order valence-corrected chi connectivity index (χ1v) is 8.76. The molecule has 1 aromatic carbocycles. The van der Waals surface area contributed by atoms with Gasteiger partial charge in [0.1, 0.15) is 6.07 Å². The molecule has 114 valence electrons. The highest BCUT2D eigenvalue weighted by atomic mass is 35.5. The zero-order valence-corrected chi connectivity index (χ0v) is 13.1. The first kappa shape index (κ1) is 16.2. The number of nitriles is 1. The van der Waals surface area contributed by atoms with Crippen molar-refractivity contribution in [2.45, 2.75) is 36.6 Å². The molecule has 0 amide bonds. The van der Waals surface area contributed by atoms with E-state index in [1.165, 1.54) is 18.2 Å². The van der Waals surface area contributed by atoms with Gasteiger partial charge >= 0.3 is 0 Å². The maximum Gasteiger partial charge on any atom is 0.240 e. The summed E-state index contributed by atoms with van der Waals surface area (Å²) in [6.45, 7) is 0.469. The summed E-state index contributed by atoms with van der Waals surface area (Å²) in [5, 5.41) is 9.19. The number of rotatable bonds is 4. The number of nitrogens with one attached hydrogen (secondary N) is 1. The van der Waals surface area contributed by atoms with E-state index in [0.29, 0.717) is 6.54 Å². The van der Waals surface area contributed by atoms with E-state index in [1.807, 2.05) is 6.07 Å². The minimum atomic E-state index is -3.67. The molecule has 3 N–H and O–H groups in total. The van der Waals surface area contributed by atoms with Crippen LogP contribution in [0, 0.1) is 17.2 Å². The van der Waals surface area contributed by atoms with Crippen LogP contribution in [0.25, 0.3) is 0 Å². The zero-order chi connectivity index (χ0) is 15.5. The predicted octanol–water partition coefficient (Wildman–Crippen LogP) is 2.01. The van der Waals surface area contributed by atoms with Gasteiger partial charge in [0.2, 0.25) is 10.0 Å². The molecule has 1 aliphatic carbocycles. The Morgan fingerprint density at radius 1 is 1.38 bits per heavy atom. The molecular weight excluding hydrogens is 310 g/mol. The highest BCUT2D eigenvalue weighted by molar-refractivity contribution is 7.89. The third-order valence-electron chi connectivity index (χ3n) is 3.89. The van der Waals surface area contributed by atoms with Crippen LogP contribution in [0.4, 0.5) is 0 Å². The van der Waals surface area contributed by atoms with Crippen molar-refractivity contribution in [3.8, 4) is 6.07 Å². The summed E-state index contributed by atoms with van der Waals surface area (Å²) in [6, 6.07) is 5.88. The van der Waals surface area contributed by atoms with Gasteiger partial charge in [-0.25, -0.2) is 13.1 Å². The van der Waals surface area contributed by atoms with Gasteiger partial charge in [0.05, 0.1) is 15.5 Å². The molecule has 2 atom stereocenters. The number of sulfonamides is 1. The summed E-state index contributed by atoms with van der Waals surface area (Å²) in [4.78, 5) is 0.0600. The third kappa shape index (κ3) is 3.74. The third-order valence-corrected chi connectivity index (χ3v) is 5.70. The summed E-state index contributed by atoms with van der Waals surface area (Å²) >= 11 is 5.83. The van der Waals surface area contributed by atoms with Crippen LogP contribution in [0.3, 0.4) is 0 Å². The van der Waals surface area contributed by atoms with Crippen LogP contribution in [-0.4, -0.2) is 21.0 Å². The lowest BCUT2D eigenvalue weighted by Gasteiger charge is -2.31. The molecule has 1 aromatic rings. The number of benzene rings is 1. The van der Waals surface area contributed by atoms with E-state index in [1.54, 1.807) is 0 Å². The summed E-state index contributed by atoms with van der Waals surface area (Å²) in [5.41, 5.74) is 5.87. The maximum atomic E-state index is 12.4. The van der Waals surface area contributed by atoms with Crippen molar-refractivity contribution < 1.29 is 8.42 Å². The van der Waals surface area contributed by atoms with Crippen molar-refractivity contribution >= 4 is 21.6 Å². The standard InChI is InChI=1S/C14H18ClN3O2S/c15-13-6-5-12(7-11(13)9-17)21(19,20)18-14-4-2-1-3-10(14)8-16/h5-7,10,14,18H,1-4,8,16H2. The van der Waals surface area contributed by atoms with Crippen molar-refractivity contribution in [3.63, 3.8) is 0 Å². The number of halogens is 1. The minimum absolute atomic E-state index is 0.0600. The van der Waals surface area contributed by atoms with Gasteiger partial charge in [-0.1, -0.05) is 24.4 Å². The smallest absolute Gasteiger partial charge is 0.240 e. The van der Waals surface area contributed by atoms with E-state index in [2.05, 4.69) is 4.72 Å². The molecule has 0 spiro atoms. The monoisotopic (exact) mass is 327 g/mol. The molecular formula is C14H18ClN3O2S. The molecule has 0 aliphatic heterocycles. The van der Waals surface area contributed by atoms with Gasteiger partial charge in [-0.3, -0.25) is 0 Å². The fourth-order valence-corrected chi connectivity index (χ4v) is 4.19. The van der Waals surface area contributed by atoms with Crippen LogP contribution in [0.15, 0.2) is 23.1 Å². The summed E-state index contributed by atoms with van der Waals surface area (Å²) in [7, 11) is -3.67. The molecule has 0 heterocycles. The molecule has 1 fully saturated rings. The second-order valence-electron chi connectivity index (χ2n) is 5.26. The quantitative estimate of drug-likeness (QED) is 0.884. The maximum absolute atomic E-state index is 12.4. The lowest BCUT2D eigenvalue weighted by molar-refractivity contribution is 0.296. The molecule has 5 nitrogen and oxygen atoms in total. The average Bonchev–Trinajstić information content (AvgIpc) is 2.47. The summed E-state index contributed by atoms with van der Waals surface area (Å²) in [5.74, 6) is 0.163. The minimum Gasteiger partial charge on any atom is -0.330 e. The van der Waals surface area contributed by atoms with Crippen LogP contribution >= 0.6 is 11.6 Å². The molecule has 21 heavy (non-hydrogen) atoms. The average molecular weight is 328 g/mol. The van der Waals surface area contributed by atoms with Gasteiger partial charge < -0.3 is 5.73 Å². The van der Waals surface area contributed by atoms with Crippen LogP contribution in [0.1, 0.15) is 31.2 Å². The van der Waals surface area contributed by atoms with Crippen molar-refractivity contribution in [1.29, 1.82) is 5.26 Å². The van der Waals surface area contributed by atoms with E-state index in [-0.39, 0.29) is 27.4 Å². The van der Waals surface area contributed by atoms with E-state index >= 15 is 0 Å². The highest BCUT2D eigenvalue weighted by Gasteiger charge is 2.28. The van der Waals surface area contributed by atoms with Gasteiger partial charge in [0.15, 0.2) is 0 Å². The van der Waals surface area contributed by atoms with E-state index in [0.717, 1.165) is 25.7 Å². The number of hydrogen-bond donors (Lipinski definition) is 2. The fraction of sp³-hybridized carbons (Fsp3) is 0.500. The van der Waals surface area contributed by atoms with Gasteiger partial charge in [0, 0.05) is 6.04 Å². The molecule has 0 radical (unpaired) electrons.